The molecular weight excluding hydrogens is 438 g/mol. The number of aromatic hydroxyl groups is 1. The number of thioether (sulfide) groups is 1. The van der Waals surface area contributed by atoms with Gasteiger partial charge in [0.15, 0.2) is 0 Å². The van der Waals surface area contributed by atoms with Crippen LogP contribution in [0.3, 0.4) is 0 Å². The summed E-state index contributed by atoms with van der Waals surface area (Å²) >= 11 is 2.22. The van der Waals surface area contributed by atoms with Crippen LogP contribution in [0.15, 0.2) is 34.1 Å². The molecule has 1 aromatic carbocycles. The zero-order valence-electron chi connectivity index (χ0n) is 16.6. The number of hydrogen-bond acceptors (Lipinski definition) is 7. The van der Waals surface area contributed by atoms with E-state index in [1.54, 1.807) is 17.0 Å². The van der Waals surface area contributed by atoms with Crippen molar-refractivity contribution in [3.05, 3.63) is 44.4 Å². The molecule has 1 aromatic heterocycles. The van der Waals surface area contributed by atoms with Crippen LogP contribution in [0.25, 0.3) is 0 Å². The Kier molecular flexibility index (Phi) is 5.13. The van der Waals surface area contributed by atoms with Crippen LogP contribution >= 0.6 is 23.1 Å². The SMILES string of the molecule is O=C1NC(=O)[C@H]2Sc3c(sc(=O)n3CC(=O)N3CCCCC3)[C@@H](c3ccc(O)cc3)[C@@H]12. The average Bonchev–Trinajstić information content (AvgIpc) is 3.23. The van der Waals surface area contributed by atoms with Gasteiger partial charge in [-0.1, -0.05) is 35.2 Å². The Bertz CT molecular complexity index is 1120. The van der Waals surface area contributed by atoms with Crippen molar-refractivity contribution < 1.29 is 19.5 Å². The van der Waals surface area contributed by atoms with E-state index in [2.05, 4.69) is 5.32 Å². The molecule has 0 radical (unpaired) electrons. The monoisotopic (exact) mass is 459 g/mol. The zero-order valence-corrected chi connectivity index (χ0v) is 18.2. The van der Waals surface area contributed by atoms with E-state index in [-0.39, 0.29) is 34.9 Å². The van der Waals surface area contributed by atoms with Crippen LogP contribution in [0.1, 0.15) is 35.6 Å². The van der Waals surface area contributed by atoms with Crippen LogP contribution in [0.2, 0.25) is 0 Å². The number of imide groups is 1. The lowest BCUT2D eigenvalue weighted by Crippen LogP contribution is -2.39. The number of amides is 3. The Morgan fingerprint density at radius 2 is 1.77 bits per heavy atom. The lowest BCUT2D eigenvalue weighted by molar-refractivity contribution is -0.133. The third-order valence-corrected chi connectivity index (χ3v) is 8.76. The molecule has 3 aliphatic heterocycles. The van der Waals surface area contributed by atoms with Crippen molar-refractivity contribution in [2.45, 2.75) is 42.0 Å². The number of rotatable bonds is 3. The number of aromatic nitrogens is 1. The summed E-state index contributed by atoms with van der Waals surface area (Å²) in [5, 5.41) is 12.0. The number of likely N-dealkylation sites (tertiary alicyclic amines) is 1. The molecule has 8 nitrogen and oxygen atoms in total. The second-order valence-electron chi connectivity index (χ2n) is 8.05. The molecule has 10 heteroatoms. The largest absolute Gasteiger partial charge is 0.508 e. The number of piperidine rings is 1. The van der Waals surface area contributed by atoms with Crippen LogP contribution in [-0.2, 0) is 20.9 Å². The van der Waals surface area contributed by atoms with Crippen molar-refractivity contribution in [3.8, 4) is 5.75 Å². The molecule has 2 saturated heterocycles. The van der Waals surface area contributed by atoms with Gasteiger partial charge in [-0.2, -0.15) is 0 Å². The zero-order chi connectivity index (χ0) is 21.7. The Labute approximate surface area is 186 Å². The van der Waals surface area contributed by atoms with Crippen molar-refractivity contribution >= 4 is 40.8 Å². The normalized spacial score (nSPS) is 25.2. The van der Waals surface area contributed by atoms with Gasteiger partial charge in [-0.05, 0) is 37.0 Å². The highest BCUT2D eigenvalue weighted by molar-refractivity contribution is 8.00. The van der Waals surface area contributed by atoms with E-state index >= 15 is 0 Å². The minimum Gasteiger partial charge on any atom is -0.508 e. The third-order valence-electron chi connectivity index (χ3n) is 6.14. The first-order valence-electron chi connectivity index (χ1n) is 10.3. The third kappa shape index (κ3) is 3.47. The highest BCUT2D eigenvalue weighted by Gasteiger charge is 2.52. The summed E-state index contributed by atoms with van der Waals surface area (Å²) in [5.74, 6) is -1.87. The molecule has 0 bridgehead atoms. The Balaban J connectivity index is 1.56. The Morgan fingerprint density at radius 3 is 2.48 bits per heavy atom. The first kappa shape index (κ1) is 20.3. The van der Waals surface area contributed by atoms with Crippen LogP contribution < -0.4 is 10.2 Å². The smallest absolute Gasteiger partial charge is 0.308 e. The number of thiazole rings is 1. The van der Waals surface area contributed by atoms with Crippen LogP contribution in [0.4, 0.5) is 0 Å². The van der Waals surface area contributed by atoms with E-state index in [0.717, 1.165) is 36.2 Å². The van der Waals surface area contributed by atoms with Crippen LogP contribution in [-0.4, -0.2) is 50.6 Å². The van der Waals surface area contributed by atoms with Crippen molar-refractivity contribution in [1.82, 2.24) is 14.8 Å². The van der Waals surface area contributed by atoms with Gasteiger partial charge in [0.1, 0.15) is 17.5 Å². The lowest BCUT2D eigenvalue weighted by Gasteiger charge is -2.31. The summed E-state index contributed by atoms with van der Waals surface area (Å²) in [6.45, 7) is 1.34. The molecule has 3 aliphatic rings. The summed E-state index contributed by atoms with van der Waals surface area (Å²) in [5.41, 5.74) is 0.745. The number of phenolic OH excluding ortho intramolecular Hbond substituents is 1. The summed E-state index contributed by atoms with van der Waals surface area (Å²) in [6, 6.07) is 6.47. The average molecular weight is 460 g/mol. The fourth-order valence-corrected chi connectivity index (χ4v) is 7.34. The minimum atomic E-state index is -0.663. The van der Waals surface area contributed by atoms with Gasteiger partial charge in [0.25, 0.3) is 0 Å². The molecule has 4 heterocycles. The van der Waals surface area contributed by atoms with Crippen LogP contribution in [0.5, 0.6) is 5.75 Å². The van der Waals surface area contributed by atoms with Gasteiger partial charge < -0.3 is 10.0 Å². The molecule has 2 N–H and O–H groups in total. The maximum Gasteiger partial charge on any atom is 0.308 e. The number of fused-ring (bicyclic) bond motifs is 2. The molecule has 5 rings (SSSR count). The second kappa shape index (κ2) is 7.83. The summed E-state index contributed by atoms with van der Waals surface area (Å²) < 4.78 is 1.46. The van der Waals surface area contributed by atoms with Crippen LogP contribution in [0, 0.1) is 5.92 Å². The van der Waals surface area contributed by atoms with E-state index in [1.165, 1.54) is 28.5 Å². The van der Waals surface area contributed by atoms with Crippen molar-refractivity contribution in [2.24, 2.45) is 5.92 Å². The number of benzene rings is 1. The molecule has 3 atom stereocenters. The second-order valence-corrected chi connectivity index (χ2v) is 10.2. The highest BCUT2D eigenvalue weighted by atomic mass is 32.2. The molecule has 31 heavy (non-hydrogen) atoms. The topological polar surface area (TPSA) is 109 Å². The summed E-state index contributed by atoms with van der Waals surface area (Å²) in [7, 11) is 0. The summed E-state index contributed by atoms with van der Waals surface area (Å²) in [4.78, 5) is 53.1. The van der Waals surface area contributed by atoms with Gasteiger partial charge in [0.05, 0.1) is 10.9 Å². The molecule has 3 amide bonds. The van der Waals surface area contributed by atoms with E-state index in [0.29, 0.717) is 23.0 Å². The molecule has 162 valence electrons. The van der Waals surface area contributed by atoms with Gasteiger partial charge in [-0.25, -0.2) is 0 Å². The van der Waals surface area contributed by atoms with Gasteiger partial charge >= 0.3 is 4.87 Å². The lowest BCUT2D eigenvalue weighted by atomic mass is 9.83. The predicted octanol–water partition coefficient (Wildman–Crippen LogP) is 1.51. The van der Waals surface area contributed by atoms with E-state index in [1.807, 2.05) is 0 Å². The number of carbonyl (C=O) groups excluding carboxylic acids is 3. The molecule has 0 spiro atoms. The van der Waals surface area contributed by atoms with Gasteiger partial charge in [-0.3, -0.25) is 29.1 Å². The maximum absolute atomic E-state index is 12.9. The Morgan fingerprint density at radius 1 is 1.06 bits per heavy atom. The molecule has 0 unspecified atom stereocenters. The number of hydrogen-bond donors (Lipinski definition) is 2. The fraction of sp³-hybridized carbons (Fsp3) is 0.429. The van der Waals surface area contributed by atoms with Crippen molar-refractivity contribution in [3.63, 3.8) is 0 Å². The molecular formula is C21H21N3O5S2. The molecule has 2 aromatic rings. The molecule has 2 fully saturated rings. The predicted molar refractivity (Wildman–Crippen MR) is 115 cm³/mol. The van der Waals surface area contributed by atoms with Gasteiger partial charge in [0, 0.05) is 23.9 Å². The van der Waals surface area contributed by atoms with Gasteiger partial charge in [0.2, 0.25) is 17.7 Å². The molecule has 0 saturated carbocycles. The van der Waals surface area contributed by atoms with Crippen molar-refractivity contribution in [2.75, 3.05) is 13.1 Å². The summed E-state index contributed by atoms with van der Waals surface area (Å²) in [6.07, 6.45) is 3.03. The Hall–Kier alpha value is -2.59. The number of nitrogens with one attached hydrogen (secondary N) is 1. The van der Waals surface area contributed by atoms with Gasteiger partial charge in [-0.15, -0.1) is 0 Å². The minimum absolute atomic E-state index is 0.0626. The van der Waals surface area contributed by atoms with Crippen molar-refractivity contribution in [1.29, 1.82) is 0 Å². The first-order chi connectivity index (χ1) is 14.9. The van der Waals surface area contributed by atoms with E-state index < -0.39 is 17.1 Å². The maximum atomic E-state index is 12.9. The molecule has 0 aliphatic carbocycles. The quantitative estimate of drug-likeness (QED) is 0.674. The van der Waals surface area contributed by atoms with E-state index in [4.69, 9.17) is 0 Å². The van der Waals surface area contributed by atoms with E-state index in [9.17, 15) is 24.3 Å². The first-order valence-corrected chi connectivity index (χ1v) is 12.0. The number of carbonyl (C=O) groups is 3. The standard InChI is InChI=1S/C21H21N3O5S2/c25-12-6-4-11(5-7-12)14-15-16(19(28)22-18(15)27)30-20-17(14)31-21(29)24(20)10-13(26)23-8-2-1-3-9-23/h4-7,14-16,25H,1-3,8-10H2,(H,22,27,28)/t14-,15+,16-/m0/s1. The highest BCUT2D eigenvalue weighted by Crippen LogP contribution is 2.51. The fourth-order valence-electron chi connectivity index (χ4n) is 4.60. The number of phenols is 1. The number of nitrogens with zero attached hydrogens (tertiary/aromatic N) is 2.